The first-order chi connectivity index (χ1) is 12.2. The summed E-state index contributed by atoms with van der Waals surface area (Å²) in [5.74, 6) is -0.259. The van der Waals surface area contributed by atoms with Crippen LogP contribution in [-0.4, -0.2) is 30.0 Å². The van der Waals surface area contributed by atoms with Crippen molar-refractivity contribution in [2.45, 2.75) is 19.4 Å². The molecule has 5 nitrogen and oxygen atoms in total. The first kappa shape index (κ1) is 17.0. The molecule has 1 atom stereocenters. The van der Waals surface area contributed by atoms with Gasteiger partial charge in [-0.1, -0.05) is 48.5 Å². The quantitative estimate of drug-likeness (QED) is 0.925. The smallest absolute Gasteiger partial charge is 0.410 e. The van der Waals surface area contributed by atoms with Gasteiger partial charge in [-0.25, -0.2) is 4.79 Å². The van der Waals surface area contributed by atoms with Crippen molar-refractivity contribution in [1.29, 1.82) is 0 Å². The highest BCUT2D eigenvalue weighted by Crippen LogP contribution is 2.19. The lowest BCUT2D eigenvalue weighted by atomic mass is 9.97. The van der Waals surface area contributed by atoms with Crippen LogP contribution in [0.15, 0.2) is 60.7 Å². The predicted molar refractivity (Wildman–Crippen MR) is 96.0 cm³/mol. The van der Waals surface area contributed by atoms with Gasteiger partial charge in [-0.05, 0) is 30.5 Å². The first-order valence-electron chi connectivity index (χ1n) is 8.54. The monoisotopic (exact) mass is 338 g/mol. The minimum atomic E-state index is -0.360. The van der Waals surface area contributed by atoms with Crippen molar-refractivity contribution in [3.05, 3.63) is 66.2 Å². The molecule has 2 amide bonds. The molecule has 3 rings (SSSR count). The lowest BCUT2D eigenvalue weighted by molar-refractivity contribution is -0.121. The van der Waals surface area contributed by atoms with E-state index in [4.69, 9.17) is 4.74 Å². The summed E-state index contributed by atoms with van der Waals surface area (Å²) < 4.78 is 5.37. The van der Waals surface area contributed by atoms with E-state index < -0.39 is 0 Å². The van der Waals surface area contributed by atoms with Gasteiger partial charge in [-0.2, -0.15) is 0 Å². The third kappa shape index (κ3) is 4.83. The molecule has 0 aromatic heterocycles. The van der Waals surface area contributed by atoms with Crippen LogP contribution >= 0.6 is 0 Å². The van der Waals surface area contributed by atoms with Gasteiger partial charge in [0.25, 0.3) is 0 Å². The Bertz CT molecular complexity index is 703. The average molecular weight is 338 g/mol. The van der Waals surface area contributed by atoms with E-state index in [1.165, 1.54) is 0 Å². The number of likely N-dealkylation sites (tertiary alicyclic amines) is 1. The molecule has 1 saturated heterocycles. The molecule has 1 fully saturated rings. The fourth-order valence-electron chi connectivity index (χ4n) is 2.93. The second kappa shape index (κ2) is 8.33. The standard InChI is InChI=1S/C20H22N2O3/c23-19(21-18-11-5-2-6-12-18)17-10-7-13-22(14-17)20(24)25-15-16-8-3-1-4-9-16/h1-6,8-9,11-12,17H,7,10,13-15H2,(H,21,23)/t17-/m0/s1. The van der Waals surface area contributed by atoms with Crippen molar-refractivity contribution in [3.8, 4) is 0 Å². The second-order valence-electron chi connectivity index (χ2n) is 6.18. The van der Waals surface area contributed by atoms with Gasteiger partial charge >= 0.3 is 6.09 Å². The van der Waals surface area contributed by atoms with Gasteiger partial charge < -0.3 is 15.0 Å². The molecule has 0 saturated carbocycles. The van der Waals surface area contributed by atoms with Crippen molar-refractivity contribution in [3.63, 3.8) is 0 Å². The molecule has 1 aliphatic rings. The van der Waals surface area contributed by atoms with Crippen LogP contribution in [0.4, 0.5) is 10.5 Å². The zero-order valence-electron chi connectivity index (χ0n) is 14.1. The van der Waals surface area contributed by atoms with Crippen molar-refractivity contribution >= 4 is 17.7 Å². The van der Waals surface area contributed by atoms with Crippen LogP contribution in [0.25, 0.3) is 0 Å². The van der Waals surface area contributed by atoms with Gasteiger partial charge in [0.1, 0.15) is 6.61 Å². The number of nitrogens with zero attached hydrogens (tertiary/aromatic N) is 1. The molecule has 5 heteroatoms. The molecule has 0 radical (unpaired) electrons. The van der Waals surface area contributed by atoms with Crippen LogP contribution < -0.4 is 5.32 Å². The lowest BCUT2D eigenvalue weighted by Crippen LogP contribution is -2.43. The summed E-state index contributed by atoms with van der Waals surface area (Å²) in [7, 11) is 0. The van der Waals surface area contributed by atoms with Gasteiger partial charge in [0.05, 0.1) is 5.92 Å². The minimum Gasteiger partial charge on any atom is -0.445 e. The number of carbonyl (C=O) groups is 2. The molecule has 0 unspecified atom stereocenters. The van der Waals surface area contributed by atoms with Gasteiger partial charge in [-0.3, -0.25) is 4.79 Å². The van der Waals surface area contributed by atoms with Crippen LogP contribution in [0.5, 0.6) is 0 Å². The number of benzene rings is 2. The van der Waals surface area contributed by atoms with Crippen molar-refractivity contribution < 1.29 is 14.3 Å². The number of para-hydroxylation sites is 1. The number of piperidine rings is 1. The van der Waals surface area contributed by atoms with Gasteiger partial charge in [0, 0.05) is 18.8 Å². The van der Waals surface area contributed by atoms with E-state index in [2.05, 4.69) is 5.32 Å². The van der Waals surface area contributed by atoms with Crippen LogP contribution in [-0.2, 0) is 16.1 Å². The molecular formula is C20H22N2O3. The van der Waals surface area contributed by atoms with E-state index in [1.54, 1.807) is 4.90 Å². The normalized spacial score (nSPS) is 17.0. The Morgan fingerprint density at radius 1 is 1.04 bits per heavy atom. The van der Waals surface area contributed by atoms with Gasteiger partial charge in [0.2, 0.25) is 5.91 Å². The number of anilines is 1. The zero-order valence-corrected chi connectivity index (χ0v) is 14.1. The van der Waals surface area contributed by atoms with E-state index in [0.29, 0.717) is 13.1 Å². The Balaban J connectivity index is 1.51. The van der Waals surface area contributed by atoms with E-state index in [1.807, 2.05) is 60.7 Å². The van der Waals surface area contributed by atoms with Crippen LogP contribution in [0.1, 0.15) is 18.4 Å². The third-order valence-electron chi connectivity index (χ3n) is 4.30. The molecule has 25 heavy (non-hydrogen) atoms. The predicted octanol–water partition coefficient (Wildman–Crippen LogP) is 3.67. The number of carbonyl (C=O) groups excluding carboxylic acids is 2. The largest absolute Gasteiger partial charge is 0.445 e. The molecule has 0 aliphatic carbocycles. The van der Waals surface area contributed by atoms with E-state index in [0.717, 1.165) is 24.1 Å². The summed E-state index contributed by atoms with van der Waals surface area (Å²) in [6.07, 6.45) is 1.22. The van der Waals surface area contributed by atoms with Crippen molar-refractivity contribution in [2.75, 3.05) is 18.4 Å². The molecule has 1 N–H and O–H groups in total. The maximum Gasteiger partial charge on any atom is 0.410 e. The van der Waals surface area contributed by atoms with Crippen molar-refractivity contribution in [2.24, 2.45) is 5.92 Å². The lowest BCUT2D eigenvalue weighted by Gasteiger charge is -2.31. The Morgan fingerprint density at radius 3 is 2.44 bits per heavy atom. The van der Waals surface area contributed by atoms with Crippen LogP contribution in [0.2, 0.25) is 0 Å². The highest BCUT2D eigenvalue weighted by molar-refractivity contribution is 5.93. The first-order valence-corrected chi connectivity index (χ1v) is 8.54. The summed E-state index contributed by atoms with van der Waals surface area (Å²) in [6, 6.07) is 18.9. The van der Waals surface area contributed by atoms with Crippen molar-refractivity contribution in [1.82, 2.24) is 4.90 Å². The number of nitrogens with one attached hydrogen (secondary N) is 1. The molecular weight excluding hydrogens is 316 g/mol. The number of hydrogen-bond acceptors (Lipinski definition) is 3. The Morgan fingerprint density at radius 2 is 1.72 bits per heavy atom. The summed E-state index contributed by atoms with van der Waals surface area (Å²) >= 11 is 0. The maximum atomic E-state index is 12.4. The third-order valence-corrected chi connectivity index (χ3v) is 4.30. The summed E-state index contributed by atoms with van der Waals surface area (Å²) in [5.41, 5.74) is 1.72. The number of hydrogen-bond donors (Lipinski definition) is 1. The van der Waals surface area contributed by atoms with E-state index in [-0.39, 0.29) is 24.5 Å². The SMILES string of the molecule is O=C(Nc1ccccc1)[C@H]1CCCN(C(=O)OCc2ccccc2)C1. The molecule has 0 spiro atoms. The molecule has 2 aromatic carbocycles. The Labute approximate surface area is 147 Å². The number of rotatable bonds is 4. The summed E-state index contributed by atoms with van der Waals surface area (Å²) in [4.78, 5) is 26.3. The maximum absolute atomic E-state index is 12.4. The number of ether oxygens (including phenoxy) is 1. The highest BCUT2D eigenvalue weighted by Gasteiger charge is 2.29. The van der Waals surface area contributed by atoms with E-state index in [9.17, 15) is 9.59 Å². The molecule has 2 aromatic rings. The topological polar surface area (TPSA) is 58.6 Å². The van der Waals surface area contributed by atoms with E-state index >= 15 is 0 Å². The second-order valence-corrected chi connectivity index (χ2v) is 6.18. The molecule has 0 bridgehead atoms. The fraction of sp³-hybridized carbons (Fsp3) is 0.300. The zero-order chi connectivity index (χ0) is 17.5. The van der Waals surface area contributed by atoms with Gasteiger partial charge in [-0.15, -0.1) is 0 Å². The minimum absolute atomic E-state index is 0.0493. The Kier molecular flexibility index (Phi) is 5.67. The van der Waals surface area contributed by atoms with Crippen LogP contribution in [0.3, 0.4) is 0 Å². The summed E-state index contributed by atoms with van der Waals surface area (Å²) in [5, 5.41) is 2.91. The number of amides is 2. The molecule has 1 heterocycles. The Hall–Kier alpha value is -2.82. The fourth-order valence-corrected chi connectivity index (χ4v) is 2.93. The molecule has 130 valence electrons. The molecule has 1 aliphatic heterocycles. The highest BCUT2D eigenvalue weighted by atomic mass is 16.6. The average Bonchev–Trinajstić information content (AvgIpc) is 2.68. The van der Waals surface area contributed by atoms with Crippen LogP contribution in [0, 0.1) is 5.92 Å². The van der Waals surface area contributed by atoms with Gasteiger partial charge in [0.15, 0.2) is 0 Å². The summed E-state index contributed by atoms with van der Waals surface area (Å²) in [6.45, 7) is 1.27.